The van der Waals surface area contributed by atoms with Crippen molar-refractivity contribution >= 4 is 22.0 Å². The van der Waals surface area contributed by atoms with Gasteiger partial charge in [0.05, 0.1) is 13.2 Å². The highest BCUT2D eigenvalue weighted by molar-refractivity contribution is 9.10. The van der Waals surface area contributed by atoms with Crippen molar-refractivity contribution in [2.24, 2.45) is 5.92 Å². The topological polar surface area (TPSA) is 38.3 Å². The summed E-state index contributed by atoms with van der Waals surface area (Å²) in [5, 5.41) is 2.97. The molecule has 1 amide bonds. The van der Waals surface area contributed by atoms with Crippen molar-refractivity contribution in [1.82, 2.24) is 5.32 Å². The van der Waals surface area contributed by atoms with E-state index in [0.717, 1.165) is 22.9 Å². The Labute approximate surface area is 161 Å². The minimum Gasteiger partial charge on any atom is -0.453 e. The average Bonchev–Trinajstić information content (AvgIpc) is 2.63. The van der Waals surface area contributed by atoms with Gasteiger partial charge in [0.1, 0.15) is 0 Å². The van der Waals surface area contributed by atoms with Gasteiger partial charge in [-0.05, 0) is 24.1 Å². The fourth-order valence-electron chi connectivity index (χ4n) is 3.05. The van der Waals surface area contributed by atoms with E-state index in [-0.39, 0.29) is 12.0 Å². The molecule has 0 saturated carbocycles. The fourth-order valence-corrected chi connectivity index (χ4v) is 3.32. The monoisotopic (exact) mass is 409 g/mol. The summed E-state index contributed by atoms with van der Waals surface area (Å²) in [7, 11) is 1.40. The minimum atomic E-state index is -0.403. The Morgan fingerprint density at radius 3 is 2.32 bits per heavy atom. The SMILES string of the molecule is C=CC(CCCCCCCCC)C(NC(=O)OC)c1ccc(Br)cc1. The molecule has 1 rings (SSSR count). The van der Waals surface area contributed by atoms with Crippen LogP contribution in [0.2, 0.25) is 0 Å². The second-order valence-corrected chi connectivity index (χ2v) is 7.39. The van der Waals surface area contributed by atoms with Gasteiger partial charge in [0.15, 0.2) is 0 Å². The number of nitrogens with one attached hydrogen (secondary N) is 1. The summed E-state index contributed by atoms with van der Waals surface area (Å²) in [5.74, 6) is 0.191. The lowest BCUT2D eigenvalue weighted by atomic mass is 9.88. The molecule has 25 heavy (non-hydrogen) atoms. The molecule has 1 aromatic carbocycles. The van der Waals surface area contributed by atoms with Gasteiger partial charge in [-0.25, -0.2) is 4.79 Å². The van der Waals surface area contributed by atoms with Crippen molar-refractivity contribution in [3.05, 3.63) is 47.0 Å². The first-order valence-corrected chi connectivity index (χ1v) is 10.1. The summed E-state index contributed by atoms with van der Waals surface area (Å²) in [6, 6.07) is 7.94. The van der Waals surface area contributed by atoms with Crippen molar-refractivity contribution in [3.63, 3.8) is 0 Å². The zero-order chi connectivity index (χ0) is 18.5. The summed E-state index contributed by atoms with van der Waals surface area (Å²) in [4.78, 5) is 11.8. The van der Waals surface area contributed by atoms with Crippen molar-refractivity contribution < 1.29 is 9.53 Å². The van der Waals surface area contributed by atoms with E-state index in [0.29, 0.717) is 0 Å². The van der Waals surface area contributed by atoms with Gasteiger partial charge in [-0.2, -0.15) is 0 Å². The minimum absolute atomic E-state index is 0.113. The van der Waals surface area contributed by atoms with Crippen LogP contribution in [0.3, 0.4) is 0 Å². The molecule has 0 aliphatic rings. The molecule has 0 aliphatic heterocycles. The van der Waals surface area contributed by atoms with E-state index in [1.54, 1.807) is 0 Å². The number of carbonyl (C=O) groups excluding carboxylic acids is 1. The lowest BCUT2D eigenvalue weighted by molar-refractivity contribution is 0.163. The van der Waals surface area contributed by atoms with Crippen LogP contribution in [0, 0.1) is 5.92 Å². The fraction of sp³-hybridized carbons (Fsp3) is 0.571. The van der Waals surface area contributed by atoms with E-state index in [4.69, 9.17) is 4.74 Å². The molecule has 3 nitrogen and oxygen atoms in total. The maximum Gasteiger partial charge on any atom is 0.407 e. The molecule has 2 atom stereocenters. The maximum atomic E-state index is 11.8. The van der Waals surface area contributed by atoms with Gasteiger partial charge in [0.2, 0.25) is 0 Å². The van der Waals surface area contributed by atoms with E-state index < -0.39 is 6.09 Å². The molecular formula is C21H32BrNO2. The highest BCUT2D eigenvalue weighted by atomic mass is 79.9. The highest BCUT2D eigenvalue weighted by Crippen LogP contribution is 2.29. The van der Waals surface area contributed by atoms with E-state index in [2.05, 4.69) is 34.7 Å². The molecule has 0 bridgehead atoms. The van der Waals surface area contributed by atoms with Gasteiger partial charge >= 0.3 is 6.09 Å². The molecule has 4 heteroatoms. The molecule has 0 aliphatic carbocycles. The molecule has 140 valence electrons. The van der Waals surface area contributed by atoms with Crippen LogP contribution in [0.4, 0.5) is 4.79 Å². The molecule has 0 heterocycles. The lowest BCUT2D eigenvalue weighted by Crippen LogP contribution is -2.32. The van der Waals surface area contributed by atoms with Crippen LogP contribution in [-0.4, -0.2) is 13.2 Å². The number of methoxy groups -OCH3 is 1. The van der Waals surface area contributed by atoms with Crippen molar-refractivity contribution in [3.8, 4) is 0 Å². The lowest BCUT2D eigenvalue weighted by Gasteiger charge is -2.26. The summed E-state index contributed by atoms with van der Waals surface area (Å²) < 4.78 is 5.83. The Hall–Kier alpha value is -1.29. The molecule has 0 spiro atoms. The number of amides is 1. The Bertz CT molecular complexity index is 501. The largest absolute Gasteiger partial charge is 0.453 e. The molecule has 0 aromatic heterocycles. The maximum absolute atomic E-state index is 11.8. The van der Waals surface area contributed by atoms with Gasteiger partial charge in [-0.3, -0.25) is 0 Å². The van der Waals surface area contributed by atoms with E-state index >= 15 is 0 Å². The van der Waals surface area contributed by atoms with E-state index in [9.17, 15) is 4.79 Å². The summed E-state index contributed by atoms with van der Waals surface area (Å²) in [5.41, 5.74) is 1.07. The molecule has 1 N–H and O–H groups in total. The van der Waals surface area contributed by atoms with Crippen LogP contribution in [0.25, 0.3) is 0 Å². The number of carbonyl (C=O) groups is 1. The average molecular weight is 410 g/mol. The zero-order valence-corrected chi connectivity index (χ0v) is 17.2. The van der Waals surface area contributed by atoms with Crippen LogP contribution in [0.1, 0.15) is 69.9 Å². The number of unbranched alkanes of at least 4 members (excludes halogenated alkanes) is 6. The third kappa shape index (κ3) is 8.57. The van der Waals surface area contributed by atoms with Crippen LogP contribution in [-0.2, 0) is 4.74 Å². The molecule has 2 unspecified atom stereocenters. The van der Waals surface area contributed by atoms with Gasteiger partial charge in [0.25, 0.3) is 0 Å². The third-order valence-electron chi connectivity index (χ3n) is 4.56. The standard InChI is InChI=1S/C21H32BrNO2/c1-4-6-7-8-9-10-11-12-17(5-2)20(23-21(24)25-3)18-13-15-19(22)16-14-18/h5,13-17,20H,2,4,6-12H2,1,3H3,(H,23,24). The van der Waals surface area contributed by atoms with Crippen molar-refractivity contribution in [1.29, 1.82) is 0 Å². The number of ether oxygens (including phenoxy) is 1. The van der Waals surface area contributed by atoms with Crippen LogP contribution in [0.15, 0.2) is 41.4 Å². The van der Waals surface area contributed by atoms with Crippen LogP contribution >= 0.6 is 15.9 Å². The number of hydrogen-bond acceptors (Lipinski definition) is 2. The molecular weight excluding hydrogens is 378 g/mol. The third-order valence-corrected chi connectivity index (χ3v) is 5.09. The van der Waals surface area contributed by atoms with Gasteiger partial charge in [-0.15, -0.1) is 6.58 Å². The van der Waals surface area contributed by atoms with Crippen molar-refractivity contribution in [2.75, 3.05) is 7.11 Å². The molecule has 0 saturated heterocycles. The van der Waals surface area contributed by atoms with Crippen molar-refractivity contribution in [2.45, 2.75) is 64.3 Å². The molecule has 0 fully saturated rings. The molecule has 0 radical (unpaired) electrons. The highest BCUT2D eigenvalue weighted by Gasteiger charge is 2.22. The Morgan fingerprint density at radius 1 is 1.16 bits per heavy atom. The number of rotatable bonds is 12. The second kappa shape index (κ2) is 13.0. The number of benzene rings is 1. The summed E-state index contributed by atoms with van der Waals surface area (Å²) >= 11 is 3.46. The summed E-state index contributed by atoms with van der Waals surface area (Å²) in [6.45, 7) is 6.24. The first kappa shape index (κ1) is 21.8. The van der Waals surface area contributed by atoms with Gasteiger partial charge < -0.3 is 10.1 Å². The smallest absolute Gasteiger partial charge is 0.407 e. The van der Waals surface area contributed by atoms with E-state index in [1.807, 2.05) is 30.3 Å². The second-order valence-electron chi connectivity index (χ2n) is 6.47. The predicted molar refractivity (Wildman–Crippen MR) is 109 cm³/mol. The Balaban J connectivity index is 2.62. The number of hydrogen-bond donors (Lipinski definition) is 1. The quantitative estimate of drug-likeness (QED) is 0.304. The number of alkyl carbamates (subject to hydrolysis) is 1. The predicted octanol–water partition coefficient (Wildman–Crippen LogP) is 6.79. The van der Waals surface area contributed by atoms with Gasteiger partial charge in [0, 0.05) is 10.4 Å². The Kier molecular flexibility index (Phi) is 11.3. The Morgan fingerprint density at radius 2 is 1.76 bits per heavy atom. The van der Waals surface area contributed by atoms with Crippen LogP contribution < -0.4 is 5.32 Å². The van der Waals surface area contributed by atoms with Crippen LogP contribution in [0.5, 0.6) is 0 Å². The first-order valence-electron chi connectivity index (χ1n) is 9.34. The van der Waals surface area contributed by atoms with Gasteiger partial charge in [-0.1, -0.05) is 86.0 Å². The molecule has 1 aromatic rings. The summed E-state index contributed by atoms with van der Waals surface area (Å²) in [6.07, 6.45) is 11.5. The zero-order valence-electron chi connectivity index (χ0n) is 15.6. The first-order chi connectivity index (χ1) is 12.1. The van der Waals surface area contributed by atoms with E-state index in [1.165, 1.54) is 45.6 Å². The normalized spacial score (nSPS) is 13.1. The number of halogens is 1.